The van der Waals surface area contributed by atoms with Crippen LogP contribution in [0.25, 0.3) is 0 Å². The number of carbonyl (C=O) groups is 1. The fraction of sp³-hybridized carbons (Fsp3) is 0.588. The first-order valence-corrected chi connectivity index (χ1v) is 8.14. The highest BCUT2D eigenvalue weighted by atomic mass is 19.1. The topological polar surface area (TPSA) is 35.6 Å². The Kier molecular flexibility index (Phi) is 6.80. The van der Waals surface area contributed by atoms with E-state index < -0.39 is 0 Å². The number of rotatable bonds is 7. The van der Waals surface area contributed by atoms with Crippen LogP contribution in [-0.2, 0) is 11.3 Å². The lowest BCUT2D eigenvalue weighted by atomic mass is 10.2. The normalized spacial score (nSPS) is 15.3. The van der Waals surface area contributed by atoms with Gasteiger partial charge in [0.25, 0.3) is 0 Å². The fourth-order valence-corrected chi connectivity index (χ4v) is 2.76. The van der Waals surface area contributed by atoms with Gasteiger partial charge < -0.3 is 10.2 Å². The molecule has 0 bridgehead atoms. The Morgan fingerprint density at radius 2 is 1.91 bits per heavy atom. The second-order valence-electron chi connectivity index (χ2n) is 5.78. The van der Waals surface area contributed by atoms with Crippen molar-refractivity contribution in [3.8, 4) is 0 Å². The molecule has 2 rings (SSSR count). The standard InChI is InChI=1S/C17H26FN3O/c1-2-10-20(14-15-3-5-16(18)6-4-15)11-7-17(22)21-12-8-19-9-13-21/h3-6,19H,2,7-14H2,1H3. The van der Waals surface area contributed by atoms with E-state index in [0.717, 1.165) is 57.8 Å². The molecule has 0 aromatic heterocycles. The van der Waals surface area contributed by atoms with Gasteiger partial charge in [-0.3, -0.25) is 9.69 Å². The SMILES string of the molecule is CCCN(CCC(=O)N1CCNCC1)Cc1ccc(F)cc1. The molecule has 0 saturated carbocycles. The van der Waals surface area contributed by atoms with Crippen molar-refractivity contribution in [2.45, 2.75) is 26.3 Å². The first-order chi connectivity index (χ1) is 10.7. The molecule has 1 amide bonds. The second-order valence-corrected chi connectivity index (χ2v) is 5.78. The van der Waals surface area contributed by atoms with E-state index >= 15 is 0 Å². The van der Waals surface area contributed by atoms with Crippen LogP contribution in [0.4, 0.5) is 4.39 Å². The van der Waals surface area contributed by atoms with E-state index in [2.05, 4.69) is 17.1 Å². The van der Waals surface area contributed by atoms with Gasteiger partial charge in [-0.25, -0.2) is 4.39 Å². The van der Waals surface area contributed by atoms with Crippen molar-refractivity contribution in [3.05, 3.63) is 35.6 Å². The minimum atomic E-state index is -0.209. The lowest BCUT2D eigenvalue weighted by molar-refractivity contribution is -0.132. The van der Waals surface area contributed by atoms with Gasteiger partial charge in [0, 0.05) is 45.7 Å². The third-order valence-electron chi connectivity index (χ3n) is 3.97. The summed E-state index contributed by atoms with van der Waals surface area (Å²) in [5.74, 6) is 0.0291. The van der Waals surface area contributed by atoms with Crippen LogP contribution < -0.4 is 5.32 Å². The van der Waals surface area contributed by atoms with Crippen LogP contribution in [0.2, 0.25) is 0 Å². The summed E-state index contributed by atoms with van der Waals surface area (Å²) in [6.45, 7) is 8.01. The van der Waals surface area contributed by atoms with E-state index in [0.29, 0.717) is 6.42 Å². The van der Waals surface area contributed by atoms with Gasteiger partial charge in [-0.1, -0.05) is 19.1 Å². The number of halogens is 1. The van der Waals surface area contributed by atoms with Crippen molar-refractivity contribution in [2.24, 2.45) is 0 Å². The highest BCUT2D eigenvalue weighted by molar-refractivity contribution is 5.76. The molecule has 5 heteroatoms. The van der Waals surface area contributed by atoms with Crippen molar-refractivity contribution >= 4 is 5.91 Å². The van der Waals surface area contributed by atoms with Crippen molar-refractivity contribution in [1.82, 2.24) is 15.1 Å². The molecule has 1 aliphatic rings. The molecule has 0 aliphatic carbocycles. The number of benzene rings is 1. The number of nitrogens with one attached hydrogen (secondary N) is 1. The smallest absolute Gasteiger partial charge is 0.223 e. The van der Waals surface area contributed by atoms with Crippen LogP contribution in [0.1, 0.15) is 25.3 Å². The van der Waals surface area contributed by atoms with E-state index in [1.54, 1.807) is 0 Å². The summed E-state index contributed by atoms with van der Waals surface area (Å²) in [6.07, 6.45) is 1.60. The molecule has 1 aliphatic heterocycles. The van der Waals surface area contributed by atoms with Crippen LogP contribution in [0, 0.1) is 5.82 Å². The summed E-state index contributed by atoms with van der Waals surface area (Å²) in [6, 6.07) is 6.61. The molecular weight excluding hydrogens is 281 g/mol. The molecule has 0 atom stereocenters. The Balaban J connectivity index is 1.82. The maximum Gasteiger partial charge on any atom is 0.223 e. The monoisotopic (exact) mass is 307 g/mol. The van der Waals surface area contributed by atoms with Gasteiger partial charge in [-0.15, -0.1) is 0 Å². The van der Waals surface area contributed by atoms with E-state index in [1.165, 1.54) is 12.1 Å². The van der Waals surface area contributed by atoms with Gasteiger partial charge in [-0.2, -0.15) is 0 Å². The number of piperazine rings is 1. The predicted octanol–water partition coefficient (Wildman–Crippen LogP) is 1.86. The summed E-state index contributed by atoms with van der Waals surface area (Å²) in [5, 5.41) is 3.26. The maximum absolute atomic E-state index is 13.0. The first-order valence-electron chi connectivity index (χ1n) is 8.14. The van der Waals surface area contributed by atoms with Crippen LogP contribution in [-0.4, -0.2) is 55.0 Å². The van der Waals surface area contributed by atoms with Crippen molar-refractivity contribution in [3.63, 3.8) is 0 Å². The maximum atomic E-state index is 13.0. The van der Waals surface area contributed by atoms with Crippen LogP contribution in [0.15, 0.2) is 24.3 Å². The van der Waals surface area contributed by atoms with E-state index in [1.807, 2.05) is 17.0 Å². The molecule has 1 aromatic rings. The average Bonchev–Trinajstić information content (AvgIpc) is 2.55. The Morgan fingerprint density at radius 3 is 2.55 bits per heavy atom. The average molecular weight is 307 g/mol. The molecule has 0 radical (unpaired) electrons. The molecule has 1 aromatic carbocycles. The minimum absolute atomic E-state index is 0.209. The van der Waals surface area contributed by atoms with Crippen LogP contribution in [0.3, 0.4) is 0 Å². The second kappa shape index (κ2) is 8.86. The third kappa shape index (κ3) is 5.39. The summed E-state index contributed by atoms with van der Waals surface area (Å²) in [4.78, 5) is 16.4. The molecule has 1 fully saturated rings. The Morgan fingerprint density at radius 1 is 1.23 bits per heavy atom. The van der Waals surface area contributed by atoms with Gasteiger partial charge in [0.15, 0.2) is 0 Å². The molecule has 4 nitrogen and oxygen atoms in total. The Labute approximate surface area is 132 Å². The van der Waals surface area contributed by atoms with Crippen molar-refractivity contribution in [1.29, 1.82) is 0 Å². The fourth-order valence-electron chi connectivity index (χ4n) is 2.76. The summed E-state index contributed by atoms with van der Waals surface area (Å²) in [5.41, 5.74) is 1.09. The summed E-state index contributed by atoms with van der Waals surface area (Å²) >= 11 is 0. The largest absolute Gasteiger partial charge is 0.340 e. The van der Waals surface area contributed by atoms with Gasteiger partial charge in [0.2, 0.25) is 5.91 Å². The highest BCUT2D eigenvalue weighted by Crippen LogP contribution is 2.08. The van der Waals surface area contributed by atoms with E-state index in [4.69, 9.17) is 0 Å². The third-order valence-corrected chi connectivity index (χ3v) is 3.97. The van der Waals surface area contributed by atoms with Gasteiger partial charge in [0.05, 0.1) is 0 Å². The number of carbonyl (C=O) groups excluding carboxylic acids is 1. The quantitative estimate of drug-likeness (QED) is 0.835. The molecule has 122 valence electrons. The molecule has 1 saturated heterocycles. The van der Waals surface area contributed by atoms with E-state index in [9.17, 15) is 9.18 Å². The first kappa shape index (κ1) is 16.9. The molecule has 0 unspecified atom stereocenters. The molecule has 0 spiro atoms. The van der Waals surface area contributed by atoms with Gasteiger partial charge in [0.1, 0.15) is 5.82 Å². The summed E-state index contributed by atoms with van der Waals surface area (Å²) < 4.78 is 13.0. The van der Waals surface area contributed by atoms with E-state index in [-0.39, 0.29) is 11.7 Å². The van der Waals surface area contributed by atoms with Crippen LogP contribution in [0.5, 0.6) is 0 Å². The molecule has 1 N–H and O–H groups in total. The zero-order chi connectivity index (χ0) is 15.8. The van der Waals surface area contributed by atoms with Crippen molar-refractivity contribution in [2.75, 3.05) is 39.3 Å². The number of hydrogen-bond donors (Lipinski definition) is 1. The number of amides is 1. The highest BCUT2D eigenvalue weighted by Gasteiger charge is 2.17. The number of nitrogens with zero attached hydrogens (tertiary/aromatic N) is 2. The Hall–Kier alpha value is -1.46. The van der Waals surface area contributed by atoms with Gasteiger partial charge in [-0.05, 0) is 30.7 Å². The zero-order valence-corrected chi connectivity index (χ0v) is 13.4. The Bertz CT molecular complexity index is 457. The molecule has 1 heterocycles. The minimum Gasteiger partial charge on any atom is -0.340 e. The molecule has 22 heavy (non-hydrogen) atoms. The van der Waals surface area contributed by atoms with Crippen LogP contribution >= 0.6 is 0 Å². The number of hydrogen-bond acceptors (Lipinski definition) is 3. The lowest BCUT2D eigenvalue weighted by Crippen LogP contribution is -2.47. The molecular formula is C17H26FN3O. The lowest BCUT2D eigenvalue weighted by Gasteiger charge is -2.29. The predicted molar refractivity (Wildman–Crippen MR) is 86.0 cm³/mol. The van der Waals surface area contributed by atoms with Crippen molar-refractivity contribution < 1.29 is 9.18 Å². The summed E-state index contributed by atoms with van der Waals surface area (Å²) in [7, 11) is 0. The zero-order valence-electron chi connectivity index (χ0n) is 13.4. The van der Waals surface area contributed by atoms with Gasteiger partial charge >= 0.3 is 0 Å².